The van der Waals surface area contributed by atoms with Crippen LogP contribution in [0.5, 0.6) is 0 Å². The topological polar surface area (TPSA) is 35.8 Å². The van der Waals surface area contributed by atoms with Crippen LogP contribution in [0.3, 0.4) is 0 Å². The Morgan fingerprint density at radius 1 is 1.00 bits per heavy atom. The molecule has 0 aliphatic heterocycles. The third-order valence-electron chi connectivity index (χ3n) is 2.86. The first-order valence-electron chi connectivity index (χ1n) is 5.96. The standard InChI is InChI=1S/C15H16N2/c16-10-4-11-17-12-9-14-7-3-6-13-5-1-2-8-15(13)14/h1-3,5-8,17H,4,9,11-12H2. The average Bonchev–Trinajstić information content (AvgIpc) is 2.39. The molecule has 0 amide bonds. The second-order valence-corrected chi connectivity index (χ2v) is 4.05. The van der Waals surface area contributed by atoms with Gasteiger partial charge in [0, 0.05) is 13.0 Å². The van der Waals surface area contributed by atoms with E-state index in [2.05, 4.69) is 53.9 Å². The zero-order chi connectivity index (χ0) is 11.9. The summed E-state index contributed by atoms with van der Waals surface area (Å²) in [4.78, 5) is 0. The minimum absolute atomic E-state index is 0.579. The number of nitrogens with zero attached hydrogens (tertiary/aromatic N) is 1. The summed E-state index contributed by atoms with van der Waals surface area (Å²) >= 11 is 0. The number of nitriles is 1. The van der Waals surface area contributed by atoms with Gasteiger partial charge in [-0.3, -0.25) is 0 Å². The highest BCUT2D eigenvalue weighted by atomic mass is 14.8. The van der Waals surface area contributed by atoms with Crippen LogP contribution in [-0.4, -0.2) is 13.1 Å². The summed E-state index contributed by atoms with van der Waals surface area (Å²) in [6.45, 7) is 1.71. The van der Waals surface area contributed by atoms with Crippen molar-refractivity contribution < 1.29 is 0 Å². The highest BCUT2D eigenvalue weighted by Gasteiger charge is 1.99. The van der Waals surface area contributed by atoms with Crippen molar-refractivity contribution in [2.75, 3.05) is 13.1 Å². The molecule has 2 aromatic carbocycles. The molecule has 0 heterocycles. The van der Waals surface area contributed by atoms with E-state index in [1.54, 1.807) is 0 Å². The molecular formula is C15H16N2. The maximum Gasteiger partial charge on any atom is 0.0635 e. The Bertz CT molecular complexity index is 520. The van der Waals surface area contributed by atoms with Crippen LogP contribution in [-0.2, 0) is 6.42 Å². The molecule has 0 radical (unpaired) electrons. The van der Waals surface area contributed by atoms with Crippen molar-refractivity contribution in [3.63, 3.8) is 0 Å². The predicted molar refractivity (Wildman–Crippen MR) is 70.8 cm³/mol. The lowest BCUT2D eigenvalue weighted by atomic mass is 10.0. The normalized spacial score (nSPS) is 10.3. The fourth-order valence-electron chi connectivity index (χ4n) is 2.00. The summed E-state index contributed by atoms with van der Waals surface area (Å²) in [6.07, 6.45) is 1.59. The highest BCUT2D eigenvalue weighted by molar-refractivity contribution is 5.85. The summed E-state index contributed by atoms with van der Waals surface area (Å²) in [7, 11) is 0. The second-order valence-electron chi connectivity index (χ2n) is 4.05. The van der Waals surface area contributed by atoms with Crippen LogP contribution >= 0.6 is 0 Å². The van der Waals surface area contributed by atoms with Gasteiger partial charge in [0.2, 0.25) is 0 Å². The first kappa shape index (κ1) is 11.6. The van der Waals surface area contributed by atoms with Crippen LogP contribution in [0.2, 0.25) is 0 Å². The molecule has 0 unspecified atom stereocenters. The van der Waals surface area contributed by atoms with Crippen LogP contribution in [0, 0.1) is 11.3 Å². The zero-order valence-corrected chi connectivity index (χ0v) is 9.82. The van der Waals surface area contributed by atoms with Gasteiger partial charge in [-0.15, -0.1) is 0 Å². The van der Waals surface area contributed by atoms with Gasteiger partial charge in [-0.2, -0.15) is 5.26 Å². The molecule has 0 aliphatic carbocycles. The molecule has 86 valence electrons. The Balaban J connectivity index is 2.01. The number of hydrogen-bond donors (Lipinski definition) is 1. The smallest absolute Gasteiger partial charge is 0.0635 e. The van der Waals surface area contributed by atoms with Gasteiger partial charge in [-0.25, -0.2) is 0 Å². The van der Waals surface area contributed by atoms with Crippen molar-refractivity contribution in [1.82, 2.24) is 5.32 Å². The fourth-order valence-corrected chi connectivity index (χ4v) is 2.00. The van der Waals surface area contributed by atoms with Crippen LogP contribution in [0.15, 0.2) is 42.5 Å². The summed E-state index contributed by atoms with van der Waals surface area (Å²) in [5, 5.41) is 14.3. The molecule has 0 bridgehead atoms. The molecule has 0 fully saturated rings. The molecule has 2 heteroatoms. The Kier molecular flexibility index (Phi) is 4.12. The van der Waals surface area contributed by atoms with Crippen LogP contribution in [0.1, 0.15) is 12.0 Å². The Labute approximate surface area is 102 Å². The predicted octanol–water partition coefficient (Wildman–Crippen LogP) is 2.89. The van der Waals surface area contributed by atoms with Gasteiger partial charge in [0.25, 0.3) is 0 Å². The van der Waals surface area contributed by atoms with E-state index in [-0.39, 0.29) is 0 Å². The zero-order valence-electron chi connectivity index (χ0n) is 9.82. The van der Waals surface area contributed by atoms with Crippen LogP contribution in [0.4, 0.5) is 0 Å². The molecule has 0 aromatic heterocycles. The Hall–Kier alpha value is -1.85. The van der Waals surface area contributed by atoms with E-state index in [0.717, 1.165) is 19.5 Å². The third-order valence-corrected chi connectivity index (χ3v) is 2.86. The van der Waals surface area contributed by atoms with Gasteiger partial charge >= 0.3 is 0 Å². The second kappa shape index (κ2) is 6.03. The number of benzene rings is 2. The lowest BCUT2D eigenvalue weighted by molar-refractivity contribution is 0.694. The first-order valence-corrected chi connectivity index (χ1v) is 5.96. The van der Waals surface area contributed by atoms with E-state index in [1.807, 2.05) is 0 Å². The Morgan fingerprint density at radius 3 is 2.71 bits per heavy atom. The fraction of sp³-hybridized carbons (Fsp3) is 0.267. The average molecular weight is 224 g/mol. The lowest BCUT2D eigenvalue weighted by Gasteiger charge is -2.06. The summed E-state index contributed by atoms with van der Waals surface area (Å²) < 4.78 is 0. The van der Waals surface area contributed by atoms with E-state index < -0.39 is 0 Å². The number of hydrogen-bond acceptors (Lipinski definition) is 2. The van der Waals surface area contributed by atoms with Gasteiger partial charge in [0.05, 0.1) is 6.07 Å². The van der Waals surface area contributed by atoms with Gasteiger partial charge < -0.3 is 5.32 Å². The molecule has 0 saturated carbocycles. The summed E-state index contributed by atoms with van der Waals surface area (Å²) in [6, 6.07) is 17.0. The lowest BCUT2D eigenvalue weighted by Crippen LogP contribution is -2.18. The number of rotatable bonds is 5. The van der Waals surface area contributed by atoms with Crippen molar-refractivity contribution in [1.29, 1.82) is 5.26 Å². The van der Waals surface area contributed by atoms with E-state index in [1.165, 1.54) is 16.3 Å². The molecule has 0 spiro atoms. The molecule has 0 aliphatic rings. The van der Waals surface area contributed by atoms with Gasteiger partial charge in [-0.1, -0.05) is 42.5 Å². The van der Waals surface area contributed by atoms with Crippen LogP contribution < -0.4 is 5.32 Å². The van der Waals surface area contributed by atoms with Crippen molar-refractivity contribution in [3.8, 4) is 6.07 Å². The molecular weight excluding hydrogens is 208 g/mol. The minimum Gasteiger partial charge on any atom is -0.315 e. The van der Waals surface area contributed by atoms with Crippen molar-refractivity contribution in [2.24, 2.45) is 0 Å². The number of nitrogens with one attached hydrogen (secondary N) is 1. The molecule has 0 saturated heterocycles. The largest absolute Gasteiger partial charge is 0.315 e. The van der Waals surface area contributed by atoms with Crippen LogP contribution in [0.25, 0.3) is 10.8 Å². The number of fused-ring (bicyclic) bond motifs is 1. The molecule has 0 atom stereocenters. The quantitative estimate of drug-likeness (QED) is 0.793. The Morgan fingerprint density at radius 2 is 1.82 bits per heavy atom. The molecule has 2 aromatic rings. The van der Waals surface area contributed by atoms with E-state index in [0.29, 0.717) is 6.42 Å². The highest BCUT2D eigenvalue weighted by Crippen LogP contribution is 2.18. The minimum atomic E-state index is 0.579. The maximum absolute atomic E-state index is 8.43. The van der Waals surface area contributed by atoms with Gasteiger partial charge in [0.15, 0.2) is 0 Å². The molecule has 2 rings (SSSR count). The maximum atomic E-state index is 8.43. The summed E-state index contributed by atoms with van der Waals surface area (Å²) in [5.74, 6) is 0. The van der Waals surface area contributed by atoms with E-state index in [4.69, 9.17) is 5.26 Å². The molecule has 1 N–H and O–H groups in total. The van der Waals surface area contributed by atoms with Crippen molar-refractivity contribution in [3.05, 3.63) is 48.0 Å². The molecule has 2 nitrogen and oxygen atoms in total. The third kappa shape index (κ3) is 3.05. The van der Waals surface area contributed by atoms with E-state index >= 15 is 0 Å². The SMILES string of the molecule is N#CCCNCCc1cccc2ccccc12. The monoisotopic (exact) mass is 224 g/mol. The summed E-state index contributed by atoms with van der Waals surface area (Å²) in [5.41, 5.74) is 1.37. The molecule has 17 heavy (non-hydrogen) atoms. The first-order chi connectivity index (χ1) is 8.42. The van der Waals surface area contributed by atoms with Gasteiger partial charge in [0.1, 0.15) is 0 Å². The van der Waals surface area contributed by atoms with Crippen molar-refractivity contribution in [2.45, 2.75) is 12.8 Å². The van der Waals surface area contributed by atoms with E-state index in [9.17, 15) is 0 Å². The van der Waals surface area contributed by atoms with Gasteiger partial charge in [-0.05, 0) is 29.3 Å². The van der Waals surface area contributed by atoms with Crippen molar-refractivity contribution >= 4 is 10.8 Å².